The van der Waals surface area contributed by atoms with Crippen molar-refractivity contribution in [3.05, 3.63) is 66.1 Å². The highest BCUT2D eigenvalue weighted by molar-refractivity contribution is 5.57. The maximum absolute atomic E-state index is 6.04. The number of aromatic nitrogens is 5. The predicted octanol–water partition coefficient (Wildman–Crippen LogP) is 3.67. The van der Waals surface area contributed by atoms with Gasteiger partial charge in [-0.1, -0.05) is 17.3 Å². The minimum absolute atomic E-state index is 0.0685. The second-order valence-corrected chi connectivity index (χ2v) is 6.66. The summed E-state index contributed by atoms with van der Waals surface area (Å²) < 4.78 is 18.9. The van der Waals surface area contributed by atoms with Crippen molar-refractivity contribution >= 4 is 0 Å². The zero-order chi connectivity index (χ0) is 19.6. The molecule has 0 spiro atoms. The molecular weight excluding hydrogens is 370 g/mol. The van der Waals surface area contributed by atoms with Gasteiger partial charge in [-0.2, -0.15) is 10.1 Å². The number of fused-ring (bicyclic) bond motifs is 1. The molecule has 0 unspecified atom stereocenters. The minimum atomic E-state index is -0.0685. The summed E-state index contributed by atoms with van der Waals surface area (Å²) in [7, 11) is 0. The molecule has 4 aromatic rings. The molecule has 0 fully saturated rings. The van der Waals surface area contributed by atoms with Crippen molar-refractivity contribution in [2.24, 2.45) is 0 Å². The predicted molar refractivity (Wildman–Crippen MR) is 104 cm³/mol. The molecule has 3 aromatic heterocycles. The molecule has 5 rings (SSSR count). The molecule has 0 aliphatic carbocycles. The van der Waals surface area contributed by atoms with E-state index in [0.29, 0.717) is 37.2 Å². The Morgan fingerprint density at radius 1 is 1.14 bits per heavy atom. The van der Waals surface area contributed by atoms with Gasteiger partial charge in [0.2, 0.25) is 5.82 Å². The van der Waals surface area contributed by atoms with Gasteiger partial charge in [-0.05, 0) is 42.8 Å². The number of benzene rings is 1. The van der Waals surface area contributed by atoms with Crippen molar-refractivity contribution in [3.8, 4) is 28.7 Å². The first-order valence-corrected chi connectivity index (χ1v) is 9.45. The lowest BCUT2D eigenvalue weighted by Gasteiger charge is -2.24. The molecule has 4 heterocycles. The Hall–Kier alpha value is -3.52. The molecule has 1 atom stereocenters. The maximum Gasteiger partial charge on any atom is 0.278 e. The van der Waals surface area contributed by atoms with Crippen molar-refractivity contribution in [1.82, 2.24) is 24.9 Å². The average molecular weight is 389 g/mol. The minimum Gasteiger partial charge on any atom is -0.494 e. The summed E-state index contributed by atoms with van der Waals surface area (Å²) in [4.78, 5) is 8.47. The molecule has 146 valence electrons. The summed E-state index contributed by atoms with van der Waals surface area (Å²) in [5.74, 6) is 1.75. The van der Waals surface area contributed by atoms with Crippen LogP contribution in [0.15, 0.2) is 59.4 Å². The number of rotatable bonds is 5. The van der Waals surface area contributed by atoms with Gasteiger partial charge >= 0.3 is 0 Å². The van der Waals surface area contributed by atoms with Gasteiger partial charge in [-0.3, -0.25) is 9.67 Å². The highest BCUT2D eigenvalue weighted by atomic mass is 16.5. The van der Waals surface area contributed by atoms with E-state index in [1.165, 1.54) is 0 Å². The standard InChI is InChI=1S/C21H19N5O3/c1-2-27-17-5-3-14(4-6-17)19-12-26-16(13-28-19)11-18(24-26)21-23-20(25-29-21)15-7-9-22-10-8-15/h3-11,19H,2,12-13H2,1H3/t19-/m0/s1. The van der Waals surface area contributed by atoms with Crippen LogP contribution < -0.4 is 4.74 Å². The SMILES string of the molecule is CCOc1ccc([C@@H]2Cn3nc(-c4nc(-c5ccncc5)no4)cc3CO2)cc1. The molecule has 29 heavy (non-hydrogen) atoms. The van der Waals surface area contributed by atoms with Crippen LogP contribution in [0.1, 0.15) is 24.3 Å². The van der Waals surface area contributed by atoms with E-state index in [1.807, 2.05) is 54.1 Å². The number of hydrogen-bond acceptors (Lipinski definition) is 7. The third-order valence-electron chi connectivity index (χ3n) is 4.78. The summed E-state index contributed by atoms with van der Waals surface area (Å²) >= 11 is 0. The van der Waals surface area contributed by atoms with Crippen LogP contribution in [0.25, 0.3) is 23.0 Å². The van der Waals surface area contributed by atoms with Crippen LogP contribution in [0, 0.1) is 0 Å². The van der Waals surface area contributed by atoms with E-state index in [4.69, 9.17) is 14.0 Å². The maximum atomic E-state index is 6.04. The average Bonchev–Trinajstić information content (AvgIpc) is 3.42. The van der Waals surface area contributed by atoms with Gasteiger partial charge in [0.1, 0.15) is 11.9 Å². The summed E-state index contributed by atoms with van der Waals surface area (Å²) in [5, 5.41) is 8.70. The Bertz CT molecular complexity index is 1110. The van der Waals surface area contributed by atoms with Crippen LogP contribution in [0.4, 0.5) is 0 Å². The smallest absolute Gasteiger partial charge is 0.278 e. The summed E-state index contributed by atoms with van der Waals surface area (Å²) in [6, 6.07) is 13.6. The van der Waals surface area contributed by atoms with Gasteiger partial charge in [-0.25, -0.2) is 0 Å². The van der Waals surface area contributed by atoms with Crippen LogP contribution in [0.5, 0.6) is 5.75 Å². The fourth-order valence-corrected chi connectivity index (χ4v) is 3.32. The molecule has 0 radical (unpaired) electrons. The van der Waals surface area contributed by atoms with Gasteiger partial charge < -0.3 is 14.0 Å². The molecule has 0 saturated carbocycles. The topological polar surface area (TPSA) is 88.1 Å². The van der Waals surface area contributed by atoms with Crippen molar-refractivity contribution in [1.29, 1.82) is 0 Å². The molecule has 8 heteroatoms. The van der Waals surface area contributed by atoms with Gasteiger partial charge in [0.15, 0.2) is 5.69 Å². The fourth-order valence-electron chi connectivity index (χ4n) is 3.32. The van der Waals surface area contributed by atoms with E-state index >= 15 is 0 Å². The molecular formula is C21H19N5O3. The third kappa shape index (κ3) is 3.50. The number of ether oxygens (including phenoxy) is 2. The number of nitrogens with zero attached hydrogens (tertiary/aromatic N) is 5. The quantitative estimate of drug-likeness (QED) is 0.515. The molecule has 1 aliphatic heterocycles. The Labute approximate surface area is 167 Å². The highest BCUT2D eigenvalue weighted by Gasteiger charge is 2.24. The molecule has 0 saturated heterocycles. The molecule has 0 amide bonds. The second-order valence-electron chi connectivity index (χ2n) is 6.66. The van der Waals surface area contributed by atoms with Gasteiger partial charge in [0, 0.05) is 18.0 Å². The second kappa shape index (κ2) is 7.48. The molecule has 1 aliphatic rings. The van der Waals surface area contributed by atoms with E-state index in [0.717, 1.165) is 22.6 Å². The Balaban J connectivity index is 1.35. The zero-order valence-corrected chi connectivity index (χ0v) is 15.9. The van der Waals surface area contributed by atoms with Crippen LogP contribution in [0.3, 0.4) is 0 Å². The van der Waals surface area contributed by atoms with E-state index in [9.17, 15) is 0 Å². The third-order valence-corrected chi connectivity index (χ3v) is 4.78. The van der Waals surface area contributed by atoms with Crippen molar-refractivity contribution in [2.45, 2.75) is 26.2 Å². The highest BCUT2D eigenvalue weighted by Crippen LogP contribution is 2.30. The monoisotopic (exact) mass is 389 g/mol. The first-order chi connectivity index (χ1) is 14.3. The van der Waals surface area contributed by atoms with Crippen LogP contribution >= 0.6 is 0 Å². The summed E-state index contributed by atoms with van der Waals surface area (Å²) in [6.45, 7) is 3.71. The lowest BCUT2D eigenvalue weighted by atomic mass is 10.1. The fraction of sp³-hybridized carbons (Fsp3) is 0.238. The van der Waals surface area contributed by atoms with Gasteiger partial charge in [0.05, 0.1) is 25.5 Å². The van der Waals surface area contributed by atoms with Crippen LogP contribution in [-0.4, -0.2) is 31.5 Å². The first-order valence-electron chi connectivity index (χ1n) is 9.45. The normalized spacial score (nSPS) is 15.8. The van der Waals surface area contributed by atoms with E-state index in [1.54, 1.807) is 12.4 Å². The van der Waals surface area contributed by atoms with E-state index in [2.05, 4.69) is 20.2 Å². The van der Waals surface area contributed by atoms with Crippen molar-refractivity contribution in [2.75, 3.05) is 6.61 Å². The molecule has 0 N–H and O–H groups in total. The lowest BCUT2D eigenvalue weighted by molar-refractivity contribution is -0.00115. The molecule has 8 nitrogen and oxygen atoms in total. The van der Waals surface area contributed by atoms with E-state index in [-0.39, 0.29) is 6.10 Å². The zero-order valence-electron chi connectivity index (χ0n) is 15.9. The molecule has 0 bridgehead atoms. The Morgan fingerprint density at radius 2 is 1.97 bits per heavy atom. The lowest BCUT2D eigenvalue weighted by Crippen LogP contribution is -2.21. The Kier molecular flexibility index (Phi) is 4.53. The number of hydrogen-bond donors (Lipinski definition) is 0. The largest absolute Gasteiger partial charge is 0.494 e. The molecule has 1 aromatic carbocycles. The van der Waals surface area contributed by atoms with Gasteiger partial charge in [0.25, 0.3) is 5.89 Å². The summed E-state index contributed by atoms with van der Waals surface area (Å²) in [6.07, 6.45) is 3.32. The van der Waals surface area contributed by atoms with Crippen LogP contribution in [0.2, 0.25) is 0 Å². The van der Waals surface area contributed by atoms with Crippen molar-refractivity contribution < 1.29 is 14.0 Å². The number of pyridine rings is 1. The van der Waals surface area contributed by atoms with Gasteiger partial charge in [-0.15, -0.1) is 0 Å². The Morgan fingerprint density at radius 3 is 2.76 bits per heavy atom. The van der Waals surface area contributed by atoms with E-state index < -0.39 is 0 Å². The van der Waals surface area contributed by atoms with Crippen LogP contribution in [-0.2, 0) is 17.9 Å². The summed E-state index contributed by atoms with van der Waals surface area (Å²) in [5.41, 5.74) is 3.56. The van der Waals surface area contributed by atoms with Crippen molar-refractivity contribution in [3.63, 3.8) is 0 Å². The first kappa shape index (κ1) is 17.6.